The number of nitrogens with zero attached hydrogens (tertiary/aromatic N) is 2. The van der Waals surface area contributed by atoms with Gasteiger partial charge in [-0.05, 0) is 6.92 Å². The molecule has 0 aliphatic rings. The molecule has 4 amide bonds. The maximum absolute atomic E-state index is 12.7. The maximum Gasteiger partial charge on any atom is 0.328 e. The number of carbonyl (C=O) groups excluding carboxylic acids is 4. The number of hydrogen-bond acceptors (Lipinski definition) is 9. The first-order valence-corrected chi connectivity index (χ1v) is 11.3. The van der Waals surface area contributed by atoms with E-state index in [0.717, 1.165) is 31.1 Å². The van der Waals surface area contributed by atoms with Crippen LogP contribution in [0.2, 0.25) is 0 Å². The monoisotopic (exact) mass is 476 g/mol. The van der Waals surface area contributed by atoms with Gasteiger partial charge in [0.05, 0.1) is 19.7 Å². The Balaban J connectivity index is 2.79. The van der Waals surface area contributed by atoms with Gasteiger partial charge < -0.3 is 26.4 Å². The summed E-state index contributed by atoms with van der Waals surface area (Å²) >= 11 is 0. The number of rotatable bonds is 12. The van der Waals surface area contributed by atoms with Crippen molar-refractivity contribution in [3.05, 3.63) is 32.6 Å². The van der Waals surface area contributed by atoms with Crippen molar-refractivity contribution in [2.24, 2.45) is 5.73 Å². The largest absolute Gasteiger partial charge is 0.395 e. The van der Waals surface area contributed by atoms with Gasteiger partial charge in [-0.1, -0.05) is 10.8 Å². The van der Waals surface area contributed by atoms with Gasteiger partial charge in [0.15, 0.2) is 0 Å². The third kappa shape index (κ3) is 10.2. The first-order valence-electron chi connectivity index (χ1n) is 8.95. The van der Waals surface area contributed by atoms with Crippen LogP contribution >= 0.6 is 21.6 Å². The Morgan fingerprint density at radius 3 is 2.61 bits per heavy atom. The smallest absolute Gasteiger partial charge is 0.328 e. The highest BCUT2D eigenvalue weighted by Crippen LogP contribution is 2.20. The number of hydrogen-bond donors (Lipinski definition) is 5. The number of aliphatic hydroxyl groups excluding tert-OH is 1. The Bertz CT molecular complexity index is 916. The Hall–Kier alpha value is -2.78. The fourth-order valence-electron chi connectivity index (χ4n) is 2.14. The van der Waals surface area contributed by atoms with Gasteiger partial charge in [0.1, 0.15) is 6.54 Å². The Labute approximate surface area is 184 Å². The van der Waals surface area contributed by atoms with E-state index >= 15 is 0 Å². The molecule has 0 spiro atoms. The molecule has 6 N–H and O–H groups in total. The van der Waals surface area contributed by atoms with Crippen molar-refractivity contribution < 1.29 is 24.3 Å². The number of amides is 4. The first-order chi connectivity index (χ1) is 14.6. The van der Waals surface area contributed by atoms with E-state index in [9.17, 15) is 28.8 Å². The molecule has 0 unspecified atom stereocenters. The van der Waals surface area contributed by atoms with Crippen molar-refractivity contribution in [2.45, 2.75) is 13.5 Å². The minimum absolute atomic E-state index is 0.0138. The predicted molar refractivity (Wildman–Crippen MR) is 115 cm³/mol. The van der Waals surface area contributed by atoms with Gasteiger partial charge in [-0.25, -0.2) is 4.79 Å². The van der Waals surface area contributed by atoms with Crippen molar-refractivity contribution in [3.63, 3.8) is 0 Å². The van der Waals surface area contributed by atoms with Gasteiger partial charge >= 0.3 is 5.69 Å². The number of carbonyl (C=O) groups is 4. The van der Waals surface area contributed by atoms with Crippen LogP contribution < -0.4 is 27.6 Å². The first kappa shape index (κ1) is 26.3. The van der Waals surface area contributed by atoms with Gasteiger partial charge in [0.2, 0.25) is 17.7 Å². The molecule has 0 aliphatic heterocycles. The molecule has 15 heteroatoms. The highest BCUT2D eigenvalue weighted by molar-refractivity contribution is 8.82. The van der Waals surface area contributed by atoms with Crippen molar-refractivity contribution in [1.82, 2.24) is 25.1 Å². The van der Waals surface area contributed by atoms with Crippen molar-refractivity contribution in [1.29, 1.82) is 0 Å². The Morgan fingerprint density at radius 1 is 1.26 bits per heavy atom. The summed E-state index contributed by atoms with van der Waals surface area (Å²) in [6, 6.07) is 0. The second kappa shape index (κ2) is 13.5. The Morgan fingerprint density at radius 2 is 1.97 bits per heavy atom. The Kier molecular flexibility index (Phi) is 11.4. The number of aromatic nitrogens is 2. The fraction of sp³-hybridized carbons (Fsp3) is 0.500. The fourth-order valence-corrected chi connectivity index (χ4v) is 3.54. The van der Waals surface area contributed by atoms with Gasteiger partial charge in [-0.2, -0.15) is 0 Å². The summed E-state index contributed by atoms with van der Waals surface area (Å²) in [6.07, 6.45) is 1.22. The molecule has 0 aromatic carbocycles. The average Bonchev–Trinajstić information content (AvgIpc) is 2.69. The molecule has 31 heavy (non-hydrogen) atoms. The van der Waals surface area contributed by atoms with Crippen LogP contribution in [0.5, 0.6) is 0 Å². The average molecular weight is 477 g/mol. The van der Waals surface area contributed by atoms with E-state index in [1.165, 1.54) is 13.1 Å². The van der Waals surface area contributed by atoms with Crippen LogP contribution in [-0.4, -0.2) is 81.1 Å². The van der Waals surface area contributed by atoms with Crippen LogP contribution in [0.4, 0.5) is 4.79 Å². The van der Waals surface area contributed by atoms with Gasteiger partial charge in [0.25, 0.3) is 10.8 Å². The molecule has 1 aromatic heterocycles. The quantitative estimate of drug-likeness (QED) is 0.158. The number of nitrogens with two attached hydrogens (primary N) is 1. The number of H-pyrrole nitrogens is 1. The molecule has 0 atom stereocenters. The van der Waals surface area contributed by atoms with Crippen molar-refractivity contribution in [3.8, 4) is 0 Å². The third-order valence-corrected chi connectivity index (χ3v) is 5.67. The molecule has 0 saturated carbocycles. The predicted octanol–water partition coefficient (Wildman–Crippen LogP) is -2.64. The van der Waals surface area contributed by atoms with Crippen LogP contribution in [0.1, 0.15) is 5.56 Å². The van der Waals surface area contributed by atoms with E-state index in [4.69, 9.17) is 10.8 Å². The lowest BCUT2D eigenvalue weighted by Gasteiger charge is -2.22. The second-order valence-corrected chi connectivity index (χ2v) is 8.49. The molecule has 0 fully saturated rings. The van der Waals surface area contributed by atoms with Crippen molar-refractivity contribution >= 4 is 44.5 Å². The van der Waals surface area contributed by atoms with E-state index in [1.54, 1.807) is 0 Å². The van der Waals surface area contributed by atoms with E-state index in [-0.39, 0.29) is 25.3 Å². The van der Waals surface area contributed by atoms with E-state index in [2.05, 4.69) is 15.6 Å². The molecule has 1 rings (SSSR count). The number of aliphatic hydroxyl groups is 1. The summed E-state index contributed by atoms with van der Waals surface area (Å²) in [4.78, 5) is 73.7. The lowest BCUT2D eigenvalue weighted by Crippen LogP contribution is -2.47. The standard InChI is InChI=1S/C16H24N6O7S2/c1-10-7-22(15(28)20-14(10)27)9-13(26)21(8-12(25)19-6-11(17)24)3-2-18-16(29)31-30-5-4-23/h7,23H,2-6,8-9H2,1H3,(H2,17,24)(H,18,29)(H,19,25)(H,20,27,28). The molecule has 172 valence electrons. The summed E-state index contributed by atoms with van der Waals surface area (Å²) in [5, 5.41) is 13.1. The summed E-state index contributed by atoms with van der Waals surface area (Å²) in [5.74, 6) is -1.67. The van der Waals surface area contributed by atoms with Crippen LogP contribution in [0, 0.1) is 6.92 Å². The molecule has 0 radical (unpaired) electrons. The number of primary amides is 1. The van der Waals surface area contributed by atoms with Gasteiger partial charge in [-0.3, -0.25) is 33.5 Å². The van der Waals surface area contributed by atoms with E-state index in [0.29, 0.717) is 5.75 Å². The highest BCUT2D eigenvalue weighted by atomic mass is 33.1. The molecular formula is C16H24N6O7S2. The highest BCUT2D eigenvalue weighted by Gasteiger charge is 2.19. The van der Waals surface area contributed by atoms with Crippen molar-refractivity contribution in [2.75, 3.05) is 38.5 Å². The van der Waals surface area contributed by atoms with E-state index < -0.39 is 53.8 Å². The number of aryl methyl sites for hydroxylation is 1. The zero-order valence-electron chi connectivity index (χ0n) is 16.7. The maximum atomic E-state index is 12.7. The third-order valence-electron chi connectivity index (χ3n) is 3.60. The molecule has 13 nitrogen and oxygen atoms in total. The minimum atomic E-state index is -0.785. The zero-order chi connectivity index (χ0) is 23.4. The minimum Gasteiger partial charge on any atom is -0.395 e. The second-order valence-electron chi connectivity index (χ2n) is 6.10. The number of aromatic amines is 1. The normalized spacial score (nSPS) is 10.4. The summed E-state index contributed by atoms with van der Waals surface area (Å²) in [6.45, 7) is 0.0548. The molecular weight excluding hydrogens is 452 g/mol. The van der Waals surface area contributed by atoms with Crippen LogP contribution in [0.3, 0.4) is 0 Å². The molecule has 0 aliphatic carbocycles. The van der Waals surface area contributed by atoms with Gasteiger partial charge in [0, 0.05) is 41.4 Å². The van der Waals surface area contributed by atoms with E-state index in [1.807, 2.05) is 0 Å². The van der Waals surface area contributed by atoms with Gasteiger partial charge in [-0.15, -0.1) is 0 Å². The zero-order valence-corrected chi connectivity index (χ0v) is 18.3. The molecule has 0 saturated heterocycles. The molecule has 0 bridgehead atoms. The summed E-state index contributed by atoms with van der Waals surface area (Å²) < 4.78 is 0.993. The number of nitrogens with one attached hydrogen (secondary N) is 3. The lowest BCUT2D eigenvalue weighted by atomic mass is 10.3. The SMILES string of the molecule is Cc1cn(CC(=O)N(CCNC(=O)SSCCO)CC(=O)NCC(N)=O)c(=O)[nH]c1=O. The van der Waals surface area contributed by atoms with Crippen LogP contribution in [0.25, 0.3) is 0 Å². The lowest BCUT2D eigenvalue weighted by molar-refractivity contribution is -0.136. The molecule has 1 heterocycles. The van der Waals surface area contributed by atoms with Crippen LogP contribution in [-0.2, 0) is 20.9 Å². The van der Waals surface area contributed by atoms with Crippen LogP contribution in [0.15, 0.2) is 15.8 Å². The summed E-state index contributed by atoms with van der Waals surface area (Å²) in [7, 11) is 2.04. The summed E-state index contributed by atoms with van der Waals surface area (Å²) in [5.41, 5.74) is 3.84. The molecule has 1 aromatic rings. The topological polar surface area (TPSA) is 197 Å².